The highest BCUT2D eigenvalue weighted by atomic mass is 79.9. The maximum Gasteiger partial charge on any atom is 0.387 e. The number of anilines is 1. The number of alkyl halides is 2. The third-order valence-electron chi connectivity index (χ3n) is 4.05. The molecule has 1 heterocycles. The van der Waals surface area contributed by atoms with Crippen LogP contribution in [0.1, 0.15) is 22.8 Å². The molecule has 0 aliphatic rings. The lowest BCUT2D eigenvalue weighted by atomic mass is 10.2. The largest absolute Gasteiger partial charge is 0.490 e. The molecule has 3 rings (SSSR count). The Labute approximate surface area is 189 Å². The third kappa shape index (κ3) is 5.71. The lowest BCUT2D eigenvalue weighted by Crippen LogP contribution is -2.14. The van der Waals surface area contributed by atoms with E-state index in [2.05, 4.69) is 31.1 Å². The molecule has 0 bridgehead atoms. The van der Waals surface area contributed by atoms with Crippen LogP contribution < -0.4 is 14.8 Å². The minimum atomic E-state index is -3.03. The van der Waals surface area contributed by atoms with Crippen LogP contribution in [0.25, 0.3) is 0 Å². The molecule has 0 saturated carbocycles. The van der Waals surface area contributed by atoms with Crippen molar-refractivity contribution in [2.75, 3.05) is 11.9 Å². The zero-order valence-corrected chi connectivity index (χ0v) is 18.4. The maximum absolute atomic E-state index is 14.0. The van der Waals surface area contributed by atoms with Gasteiger partial charge in [0, 0.05) is 22.3 Å². The summed E-state index contributed by atoms with van der Waals surface area (Å²) >= 11 is 9.34. The Balaban J connectivity index is 1.78. The molecule has 0 unspecified atom stereocenters. The van der Waals surface area contributed by atoms with E-state index in [4.69, 9.17) is 16.3 Å². The van der Waals surface area contributed by atoms with Crippen LogP contribution in [0.3, 0.4) is 0 Å². The molecule has 164 valence electrons. The summed E-state index contributed by atoms with van der Waals surface area (Å²) in [4.78, 5) is 12.6. The van der Waals surface area contributed by atoms with Gasteiger partial charge in [0.2, 0.25) is 0 Å². The minimum absolute atomic E-state index is 0.00856. The van der Waals surface area contributed by atoms with E-state index in [1.165, 1.54) is 35.0 Å². The van der Waals surface area contributed by atoms with Crippen LogP contribution in [-0.2, 0) is 6.54 Å². The molecule has 0 fully saturated rings. The zero-order chi connectivity index (χ0) is 22.5. The summed E-state index contributed by atoms with van der Waals surface area (Å²) in [6.07, 6.45) is 1.56. The molecule has 6 nitrogen and oxygen atoms in total. The Hall–Kier alpha value is -2.72. The number of aromatic nitrogens is 2. The predicted octanol–water partition coefficient (Wildman–Crippen LogP) is 5.74. The van der Waals surface area contributed by atoms with E-state index in [1.54, 1.807) is 19.2 Å². The zero-order valence-electron chi connectivity index (χ0n) is 16.0. The standard InChI is InChI=1S/C20H16BrClF3N3O3/c1-2-30-17-8-11(6-7-16(17)31-20(24)25)19(29)26-18-13(21)10-28(27-18)9-12-14(22)4-3-5-15(12)23/h3-8,10,20H,2,9H2,1H3,(H,26,27,29). The second-order valence-corrected chi connectivity index (χ2v) is 7.41. The second kappa shape index (κ2) is 10.1. The van der Waals surface area contributed by atoms with Gasteiger partial charge in [0.25, 0.3) is 5.91 Å². The van der Waals surface area contributed by atoms with E-state index in [0.717, 1.165) is 0 Å². The summed E-state index contributed by atoms with van der Waals surface area (Å²) in [6.45, 7) is -1.11. The fraction of sp³-hybridized carbons (Fsp3) is 0.200. The van der Waals surface area contributed by atoms with Crippen LogP contribution in [0.2, 0.25) is 5.02 Å². The summed E-state index contributed by atoms with van der Waals surface area (Å²) in [6, 6.07) is 8.19. The molecule has 3 aromatic rings. The van der Waals surface area contributed by atoms with Gasteiger partial charge in [0.05, 0.1) is 17.6 Å². The van der Waals surface area contributed by atoms with Crippen LogP contribution >= 0.6 is 27.5 Å². The Bertz CT molecular complexity index is 1070. The highest BCUT2D eigenvalue weighted by Crippen LogP contribution is 2.31. The average molecular weight is 519 g/mol. The van der Waals surface area contributed by atoms with Crippen LogP contribution in [0.5, 0.6) is 11.5 Å². The quantitative estimate of drug-likeness (QED) is 0.413. The average Bonchev–Trinajstić information content (AvgIpc) is 3.05. The van der Waals surface area contributed by atoms with E-state index < -0.39 is 18.3 Å². The van der Waals surface area contributed by atoms with Gasteiger partial charge in [0.15, 0.2) is 17.3 Å². The predicted molar refractivity (Wildman–Crippen MR) is 113 cm³/mol. The Morgan fingerprint density at radius 1 is 1.29 bits per heavy atom. The summed E-state index contributed by atoms with van der Waals surface area (Å²) < 4.78 is 50.6. The van der Waals surface area contributed by atoms with Gasteiger partial charge in [0.1, 0.15) is 5.82 Å². The first kappa shape index (κ1) is 23.0. The molecule has 0 spiro atoms. The summed E-state index contributed by atoms with van der Waals surface area (Å²) in [7, 11) is 0. The van der Waals surface area contributed by atoms with Crippen LogP contribution in [-0.4, -0.2) is 28.9 Å². The molecule has 0 atom stereocenters. The first-order valence-corrected chi connectivity index (χ1v) is 10.1. The van der Waals surface area contributed by atoms with Crippen molar-refractivity contribution in [3.63, 3.8) is 0 Å². The van der Waals surface area contributed by atoms with Crippen LogP contribution in [0.15, 0.2) is 47.1 Å². The highest BCUT2D eigenvalue weighted by molar-refractivity contribution is 9.10. The lowest BCUT2D eigenvalue weighted by molar-refractivity contribution is -0.0514. The number of nitrogens with one attached hydrogen (secondary N) is 1. The van der Waals surface area contributed by atoms with E-state index in [9.17, 15) is 18.0 Å². The minimum Gasteiger partial charge on any atom is -0.490 e. The van der Waals surface area contributed by atoms with Gasteiger partial charge >= 0.3 is 6.61 Å². The van der Waals surface area contributed by atoms with Crippen molar-refractivity contribution in [2.24, 2.45) is 0 Å². The van der Waals surface area contributed by atoms with E-state index in [-0.39, 0.29) is 46.6 Å². The fourth-order valence-electron chi connectivity index (χ4n) is 2.70. The molecule has 0 saturated heterocycles. The molecule has 0 aliphatic carbocycles. The van der Waals surface area contributed by atoms with Crippen LogP contribution in [0, 0.1) is 5.82 Å². The van der Waals surface area contributed by atoms with Gasteiger partial charge in [-0.2, -0.15) is 13.9 Å². The Kier molecular flexibility index (Phi) is 7.45. The summed E-state index contributed by atoms with van der Waals surface area (Å²) in [5.41, 5.74) is 0.400. The van der Waals surface area contributed by atoms with Crippen molar-refractivity contribution >= 4 is 39.3 Å². The number of hydrogen-bond donors (Lipinski definition) is 1. The van der Waals surface area contributed by atoms with Crippen molar-refractivity contribution in [1.82, 2.24) is 9.78 Å². The third-order valence-corrected chi connectivity index (χ3v) is 4.99. The molecule has 0 radical (unpaired) electrons. The number of amides is 1. The summed E-state index contributed by atoms with van der Waals surface area (Å²) in [5, 5.41) is 7.08. The van der Waals surface area contributed by atoms with Gasteiger partial charge in [-0.3, -0.25) is 9.48 Å². The normalized spacial score (nSPS) is 10.9. The maximum atomic E-state index is 14.0. The first-order valence-electron chi connectivity index (χ1n) is 8.97. The molecule has 0 aliphatic heterocycles. The van der Waals surface area contributed by atoms with Gasteiger partial charge < -0.3 is 14.8 Å². The second-order valence-electron chi connectivity index (χ2n) is 6.15. The van der Waals surface area contributed by atoms with E-state index >= 15 is 0 Å². The fourth-order valence-corrected chi connectivity index (χ4v) is 3.34. The molecule has 11 heteroatoms. The molecule has 1 amide bonds. The molecule has 2 aromatic carbocycles. The number of ether oxygens (including phenoxy) is 2. The number of carbonyl (C=O) groups excluding carboxylic acids is 1. The van der Waals surface area contributed by atoms with Gasteiger partial charge in [-0.15, -0.1) is 0 Å². The van der Waals surface area contributed by atoms with E-state index in [1.807, 2.05) is 0 Å². The van der Waals surface area contributed by atoms with Crippen molar-refractivity contribution in [3.8, 4) is 11.5 Å². The number of nitrogens with zero attached hydrogens (tertiary/aromatic N) is 2. The molecular weight excluding hydrogens is 503 g/mol. The van der Waals surface area contributed by atoms with Gasteiger partial charge in [-0.05, 0) is 53.2 Å². The van der Waals surface area contributed by atoms with Crippen molar-refractivity contribution in [3.05, 3.63) is 69.0 Å². The van der Waals surface area contributed by atoms with Gasteiger partial charge in [-0.25, -0.2) is 4.39 Å². The van der Waals surface area contributed by atoms with Crippen molar-refractivity contribution in [1.29, 1.82) is 0 Å². The number of rotatable bonds is 8. The summed E-state index contributed by atoms with van der Waals surface area (Å²) in [5.74, 6) is -1.02. The van der Waals surface area contributed by atoms with Gasteiger partial charge in [-0.1, -0.05) is 17.7 Å². The number of carbonyl (C=O) groups is 1. The van der Waals surface area contributed by atoms with Crippen molar-refractivity contribution < 1.29 is 27.4 Å². The van der Waals surface area contributed by atoms with Crippen LogP contribution in [0.4, 0.5) is 19.0 Å². The molecular formula is C20H16BrClF3N3O3. The Morgan fingerprint density at radius 3 is 2.74 bits per heavy atom. The molecule has 31 heavy (non-hydrogen) atoms. The molecule has 1 aromatic heterocycles. The SMILES string of the molecule is CCOc1cc(C(=O)Nc2nn(Cc3c(F)cccc3Cl)cc2Br)ccc1OC(F)F. The Morgan fingerprint density at radius 2 is 2.06 bits per heavy atom. The lowest BCUT2D eigenvalue weighted by Gasteiger charge is -2.12. The number of halogens is 5. The number of hydrogen-bond acceptors (Lipinski definition) is 4. The smallest absolute Gasteiger partial charge is 0.387 e. The number of benzene rings is 2. The van der Waals surface area contributed by atoms with Crippen molar-refractivity contribution in [2.45, 2.75) is 20.1 Å². The monoisotopic (exact) mass is 517 g/mol. The topological polar surface area (TPSA) is 65.4 Å². The first-order chi connectivity index (χ1) is 14.8. The highest BCUT2D eigenvalue weighted by Gasteiger charge is 2.17. The molecule has 1 N–H and O–H groups in total. The van der Waals surface area contributed by atoms with E-state index in [0.29, 0.717) is 4.47 Å².